The second-order valence-electron chi connectivity index (χ2n) is 7.99. The Bertz CT molecular complexity index is 810. The van der Waals surface area contributed by atoms with Crippen molar-refractivity contribution in [1.82, 2.24) is 14.7 Å². The van der Waals surface area contributed by atoms with Gasteiger partial charge in [-0.2, -0.15) is 5.10 Å². The first-order valence-corrected chi connectivity index (χ1v) is 10.2. The number of nitrogens with zero attached hydrogens (tertiary/aromatic N) is 3. The highest BCUT2D eigenvalue weighted by Gasteiger charge is 2.30. The Morgan fingerprint density at radius 2 is 1.96 bits per heavy atom. The van der Waals surface area contributed by atoms with Crippen LogP contribution in [-0.4, -0.2) is 40.3 Å². The van der Waals surface area contributed by atoms with Crippen LogP contribution in [0.5, 0.6) is 5.75 Å². The number of hydrogen-bond acceptors (Lipinski definition) is 3. The number of aromatic nitrogens is 2. The Hall–Kier alpha value is -2.30. The summed E-state index contributed by atoms with van der Waals surface area (Å²) in [6, 6.07) is 8.17. The molecule has 27 heavy (non-hydrogen) atoms. The zero-order chi connectivity index (χ0) is 18.8. The van der Waals surface area contributed by atoms with Gasteiger partial charge in [-0.3, -0.25) is 9.48 Å². The molecule has 0 radical (unpaired) electrons. The predicted octanol–water partition coefficient (Wildman–Crippen LogP) is 3.54. The van der Waals surface area contributed by atoms with Gasteiger partial charge in [0.1, 0.15) is 11.4 Å². The first kappa shape index (κ1) is 18.1. The zero-order valence-electron chi connectivity index (χ0n) is 16.4. The fraction of sp³-hybridized carbons (Fsp3) is 0.545. The first-order valence-electron chi connectivity index (χ1n) is 10.2. The smallest absolute Gasteiger partial charge is 0.272 e. The van der Waals surface area contributed by atoms with Crippen molar-refractivity contribution < 1.29 is 9.53 Å². The van der Waals surface area contributed by atoms with Crippen molar-refractivity contribution in [2.75, 3.05) is 19.7 Å². The summed E-state index contributed by atoms with van der Waals surface area (Å²) in [6.07, 6.45) is 6.47. The van der Waals surface area contributed by atoms with E-state index in [-0.39, 0.29) is 5.91 Å². The standard InChI is InChI=1S/C22H29N3O2/c1-16-9-11-18(12-10-16)27-15-17-6-5-13-25(14-17)22(26)21-19-7-3-4-8-20(19)23-24(21)2/h9-12,17H,3-8,13-15H2,1-2H3. The average molecular weight is 367 g/mol. The minimum atomic E-state index is 0.146. The van der Waals surface area contributed by atoms with E-state index >= 15 is 0 Å². The first-order chi connectivity index (χ1) is 13.1. The van der Waals surface area contributed by atoms with Crippen LogP contribution >= 0.6 is 0 Å². The van der Waals surface area contributed by atoms with E-state index in [1.165, 1.54) is 17.5 Å². The monoisotopic (exact) mass is 367 g/mol. The summed E-state index contributed by atoms with van der Waals surface area (Å²) in [7, 11) is 1.91. The van der Waals surface area contributed by atoms with Crippen LogP contribution in [0.15, 0.2) is 24.3 Å². The molecule has 2 heterocycles. The second-order valence-corrected chi connectivity index (χ2v) is 7.99. The summed E-state index contributed by atoms with van der Waals surface area (Å²) >= 11 is 0. The number of ether oxygens (including phenoxy) is 1. The Kier molecular flexibility index (Phi) is 5.19. The Balaban J connectivity index is 1.41. The summed E-state index contributed by atoms with van der Waals surface area (Å²) in [5, 5.41) is 4.61. The molecule has 0 saturated carbocycles. The van der Waals surface area contributed by atoms with Gasteiger partial charge >= 0.3 is 0 Å². The maximum absolute atomic E-state index is 13.2. The molecule has 1 atom stereocenters. The lowest BCUT2D eigenvalue weighted by molar-refractivity contribution is 0.0621. The summed E-state index contributed by atoms with van der Waals surface area (Å²) in [6.45, 7) is 4.34. The molecule has 5 nitrogen and oxygen atoms in total. The molecule has 144 valence electrons. The Labute approximate surface area is 161 Å². The maximum atomic E-state index is 13.2. The van der Waals surface area contributed by atoms with Gasteiger partial charge in [0, 0.05) is 31.6 Å². The predicted molar refractivity (Wildman–Crippen MR) is 105 cm³/mol. The highest BCUT2D eigenvalue weighted by molar-refractivity contribution is 5.94. The summed E-state index contributed by atoms with van der Waals surface area (Å²) < 4.78 is 7.79. The third-order valence-corrected chi connectivity index (χ3v) is 5.83. The minimum Gasteiger partial charge on any atom is -0.493 e. The van der Waals surface area contributed by atoms with E-state index in [0.717, 1.165) is 62.3 Å². The Morgan fingerprint density at radius 3 is 2.78 bits per heavy atom. The lowest BCUT2D eigenvalue weighted by Crippen LogP contribution is -2.42. The lowest BCUT2D eigenvalue weighted by atomic mass is 9.94. The zero-order valence-corrected chi connectivity index (χ0v) is 16.4. The number of piperidine rings is 1. The van der Waals surface area contributed by atoms with Crippen LogP contribution in [0, 0.1) is 12.8 Å². The van der Waals surface area contributed by atoms with Crippen molar-refractivity contribution in [3.05, 3.63) is 46.8 Å². The maximum Gasteiger partial charge on any atom is 0.272 e. The number of amides is 1. The lowest BCUT2D eigenvalue weighted by Gasteiger charge is -2.33. The molecule has 0 bridgehead atoms. The van der Waals surface area contributed by atoms with Crippen molar-refractivity contribution in [2.24, 2.45) is 13.0 Å². The van der Waals surface area contributed by atoms with Crippen LogP contribution in [0.1, 0.15) is 53.0 Å². The number of hydrogen-bond donors (Lipinski definition) is 0. The van der Waals surface area contributed by atoms with Crippen molar-refractivity contribution in [3.63, 3.8) is 0 Å². The molecule has 1 aromatic carbocycles. The molecule has 0 N–H and O–H groups in total. The number of benzene rings is 1. The average Bonchev–Trinajstić information content (AvgIpc) is 3.03. The largest absolute Gasteiger partial charge is 0.493 e. The van der Waals surface area contributed by atoms with Crippen molar-refractivity contribution in [1.29, 1.82) is 0 Å². The van der Waals surface area contributed by atoms with Gasteiger partial charge in [0.05, 0.1) is 12.3 Å². The van der Waals surface area contributed by atoms with Crippen LogP contribution < -0.4 is 4.74 Å². The molecule has 1 unspecified atom stereocenters. The molecule has 1 aliphatic heterocycles. The molecule has 2 aromatic rings. The highest BCUT2D eigenvalue weighted by atomic mass is 16.5. The van der Waals surface area contributed by atoms with Crippen molar-refractivity contribution >= 4 is 5.91 Å². The molecule has 1 aromatic heterocycles. The number of fused-ring (bicyclic) bond motifs is 1. The number of rotatable bonds is 4. The van der Waals surface area contributed by atoms with Gasteiger partial charge < -0.3 is 9.64 Å². The van der Waals surface area contributed by atoms with E-state index in [4.69, 9.17) is 4.74 Å². The summed E-state index contributed by atoms with van der Waals surface area (Å²) in [5.74, 6) is 1.44. The molecule has 4 rings (SSSR count). The fourth-order valence-corrected chi connectivity index (χ4v) is 4.33. The molecule has 1 amide bonds. The SMILES string of the molecule is Cc1ccc(OCC2CCCN(C(=O)c3c4c(nn3C)CCCC4)C2)cc1. The molecule has 2 aliphatic rings. The number of likely N-dealkylation sites (tertiary alicyclic amines) is 1. The summed E-state index contributed by atoms with van der Waals surface area (Å²) in [4.78, 5) is 15.2. The van der Waals surface area contributed by atoms with Crippen LogP contribution in [0.3, 0.4) is 0 Å². The topological polar surface area (TPSA) is 47.4 Å². The molecule has 0 spiro atoms. The van der Waals surface area contributed by atoms with Crippen LogP contribution in [0.25, 0.3) is 0 Å². The van der Waals surface area contributed by atoms with Gasteiger partial charge in [-0.15, -0.1) is 0 Å². The van der Waals surface area contributed by atoms with E-state index in [1.54, 1.807) is 0 Å². The molecular weight excluding hydrogens is 338 g/mol. The molecule has 5 heteroatoms. The third-order valence-electron chi connectivity index (χ3n) is 5.83. The minimum absolute atomic E-state index is 0.146. The van der Waals surface area contributed by atoms with Gasteiger partial charge in [0.25, 0.3) is 5.91 Å². The van der Waals surface area contributed by atoms with Crippen molar-refractivity contribution in [2.45, 2.75) is 45.4 Å². The number of carbonyl (C=O) groups is 1. The number of aryl methyl sites for hydroxylation is 3. The van der Waals surface area contributed by atoms with Gasteiger partial charge in [0.2, 0.25) is 0 Å². The Morgan fingerprint density at radius 1 is 1.19 bits per heavy atom. The van der Waals surface area contributed by atoms with Gasteiger partial charge in [0.15, 0.2) is 0 Å². The van der Waals surface area contributed by atoms with E-state index in [1.807, 2.05) is 28.8 Å². The molecule has 1 aliphatic carbocycles. The quantitative estimate of drug-likeness (QED) is 0.830. The van der Waals surface area contributed by atoms with E-state index in [0.29, 0.717) is 12.5 Å². The van der Waals surface area contributed by atoms with E-state index in [2.05, 4.69) is 24.2 Å². The molecule has 1 saturated heterocycles. The normalized spacial score (nSPS) is 19.6. The van der Waals surface area contributed by atoms with Crippen LogP contribution in [-0.2, 0) is 19.9 Å². The fourth-order valence-electron chi connectivity index (χ4n) is 4.33. The van der Waals surface area contributed by atoms with Crippen molar-refractivity contribution in [3.8, 4) is 5.75 Å². The van der Waals surface area contributed by atoms with Gasteiger partial charge in [-0.25, -0.2) is 0 Å². The van der Waals surface area contributed by atoms with Gasteiger partial charge in [-0.05, 0) is 57.6 Å². The van der Waals surface area contributed by atoms with Gasteiger partial charge in [-0.1, -0.05) is 17.7 Å². The van der Waals surface area contributed by atoms with Crippen LogP contribution in [0.4, 0.5) is 0 Å². The second kappa shape index (κ2) is 7.75. The van der Waals surface area contributed by atoms with Crippen LogP contribution in [0.2, 0.25) is 0 Å². The highest BCUT2D eigenvalue weighted by Crippen LogP contribution is 2.26. The van der Waals surface area contributed by atoms with E-state index < -0.39 is 0 Å². The molecule has 1 fully saturated rings. The van der Waals surface area contributed by atoms with E-state index in [9.17, 15) is 4.79 Å². The molecular formula is C22H29N3O2. The third kappa shape index (κ3) is 3.87. The summed E-state index contributed by atoms with van der Waals surface area (Å²) in [5.41, 5.74) is 4.36. The number of carbonyl (C=O) groups excluding carboxylic acids is 1.